The van der Waals surface area contributed by atoms with Crippen molar-refractivity contribution in [1.29, 1.82) is 0 Å². The highest BCUT2D eigenvalue weighted by Gasteiger charge is 2.16. The molecule has 8 heteroatoms. The molecule has 0 saturated heterocycles. The molecule has 0 bridgehead atoms. The van der Waals surface area contributed by atoms with E-state index in [-0.39, 0.29) is 17.7 Å². The summed E-state index contributed by atoms with van der Waals surface area (Å²) < 4.78 is 2.89. The highest BCUT2D eigenvalue weighted by molar-refractivity contribution is 5.69. The lowest BCUT2D eigenvalue weighted by molar-refractivity contribution is -0.137. The van der Waals surface area contributed by atoms with Crippen LogP contribution in [0.15, 0.2) is 9.59 Å². The first-order valence-electron chi connectivity index (χ1n) is 9.43. The molecule has 0 unspecified atom stereocenters. The zero-order chi connectivity index (χ0) is 19.1. The summed E-state index contributed by atoms with van der Waals surface area (Å²) in [7, 11) is 0. The van der Waals surface area contributed by atoms with Crippen LogP contribution >= 0.6 is 0 Å². The topological polar surface area (TPSA) is 110 Å². The van der Waals surface area contributed by atoms with E-state index in [1.807, 2.05) is 13.8 Å². The molecule has 0 saturated carbocycles. The predicted octanol–water partition coefficient (Wildman–Crippen LogP) is 2.28. The first-order chi connectivity index (χ1) is 12.5. The maximum absolute atomic E-state index is 12.8. The Morgan fingerprint density at radius 3 is 2.31 bits per heavy atom. The standard InChI is InChI=1S/C18H28N4O4/c1-3-5-11-21-16-15(17(25)22(18(21)26)12-6-4-2)19-13(20-16)9-7-8-10-14(23)24/h3-12H2,1-2H3,(H,19,20)(H,23,24). The minimum atomic E-state index is -0.818. The molecule has 0 aliphatic heterocycles. The third-order valence-electron chi connectivity index (χ3n) is 4.44. The molecule has 0 spiro atoms. The zero-order valence-corrected chi connectivity index (χ0v) is 15.6. The Balaban J connectivity index is 2.39. The fourth-order valence-corrected chi connectivity index (χ4v) is 2.93. The van der Waals surface area contributed by atoms with E-state index in [0.717, 1.165) is 25.7 Å². The van der Waals surface area contributed by atoms with Gasteiger partial charge in [0.2, 0.25) is 0 Å². The summed E-state index contributed by atoms with van der Waals surface area (Å²) in [4.78, 5) is 43.6. The number of unbranched alkanes of at least 4 members (excludes halogenated alkanes) is 3. The second-order valence-electron chi connectivity index (χ2n) is 6.58. The molecule has 0 aromatic carbocycles. The number of hydrogen-bond donors (Lipinski definition) is 2. The Hall–Kier alpha value is -2.38. The molecule has 0 atom stereocenters. The van der Waals surface area contributed by atoms with Crippen LogP contribution in [0.1, 0.15) is 64.6 Å². The van der Waals surface area contributed by atoms with Gasteiger partial charge in [-0.05, 0) is 25.7 Å². The van der Waals surface area contributed by atoms with Gasteiger partial charge in [-0.1, -0.05) is 26.7 Å². The van der Waals surface area contributed by atoms with Crippen molar-refractivity contribution in [3.63, 3.8) is 0 Å². The first kappa shape index (κ1) is 19.9. The van der Waals surface area contributed by atoms with Crippen molar-refractivity contribution < 1.29 is 9.90 Å². The van der Waals surface area contributed by atoms with Gasteiger partial charge >= 0.3 is 11.7 Å². The van der Waals surface area contributed by atoms with E-state index >= 15 is 0 Å². The molecule has 0 aliphatic rings. The van der Waals surface area contributed by atoms with Crippen LogP contribution in [0, 0.1) is 0 Å². The zero-order valence-electron chi connectivity index (χ0n) is 15.6. The van der Waals surface area contributed by atoms with Crippen molar-refractivity contribution in [3.05, 3.63) is 26.7 Å². The van der Waals surface area contributed by atoms with Gasteiger partial charge in [0.15, 0.2) is 5.65 Å². The fourth-order valence-electron chi connectivity index (χ4n) is 2.93. The van der Waals surface area contributed by atoms with Gasteiger partial charge in [0, 0.05) is 25.9 Å². The van der Waals surface area contributed by atoms with Crippen LogP contribution in [0.4, 0.5) is 0 Å². The molecule has 144 valence electrons. The number of imidazole rings is 1. The lowest BCUT2D eigenvalue weighted by atomic mass is 10.2. The number of carboxylic acids is 1. The number of carbonyl (C=O) groups is 1. The van der Waals surface area contributed by atoms with Gasteiger partial charge in [-0.15, -0.1) is 0 Å². The smallest absolute Gasteiger partial charge is 0.332 e. The number of aryl methyl sites for hydroxylation is 2. The Morgan fingerprint density at radius 1 is 1.04 bits per heavy atom. The minimum Gasteiger partial charge on any atom is -0.481 e. The maximum atomic E-state index is 12.8. The Kier molecular flexibility index (Phi) is 7.17. The summed E-state index contributed by atoms with van der Waals surface area (Å²) in [5.41, 5.74) is 0.156. The van der Waals surface area contributed by atoms with Gasteiger partial charge in [0.25, 0.3) is 5.56 Å². The van der Waals surface area contributed by atoms with Crippen molar-refractivity contribution in [2.75, 3.05) is 0 Å². The molecule has 0 radical (unpaired) electrons. The van der Waals surface area contributed by atoms with Crippen molar-refractivity contribution in [2.45, 2.75) is 78.3 Å². The lowest BCUT2D eigenvalue weighted by Gasteiger charge is -2.10. The normalized spacial score (nSPS) is 11.3. The van der Waals surface area contributed by atoms with Crippen LogP contribution in [-0.4, -0.2) is 30.2 Å². The second-order valence-corrected chi connectivity index (χ2v) is 6.58. The van der Waals surface area contributed by atoms with Gasteiger partial charge < -0.3 is 10.1 Å². The molecular formula is C18H28N4O4. The van der Waals surface area contributed by atoms with Crippen LogP contribution in [0.2, 0.25) is 0 Å². The van der Waals surface area contributed by atoms with E-state index in [4.69, 9.17) is 5.11 Å². The van der Waals surface area contributed by atoms with Crippen LogP contribution in [-0.2, 0) is 24.3 Å². The predicted molar refractivity (Wildman–Crippen MR) is 99.6 cm³/mol. The minimum absolute atomic E-state index is 0.116. The molecule has 0 aliphatic carbocycles. The van der Waals surface area contributed by atoms with E-state index < -0.39 is 5.97 Å². The van der Waals surface area contributed by atoms with Gasteiger partial charge in [0.1, 0.15) is 11.3 Å². The monoisotopic (exact) mass is 364 g/mol. The van der Waals surface area contributed by atoms with Crippen LogP contribution in [0.3, 0.4) is 0 Å². The molecule has 26 heavy (non-hydrogen) atoms. The molecule has 2 N–H and O–H groups in total. The van der Waals surface area contributed by atoms with Crippen LogP contribution in [0.25, 0.3) is 11.2 Å². The Labute approximate surface area is 151 Å². The SMILES string of the molecule is CCCCn1c(=O)c2[nH]c(CCCCC(=O)O)nc2n(CCCC)c1=O. The van der Waals surface area contributed by atoms with E-state index in [0.29, 0.717) is 49.3 Å². The number of aromatic nitrogens is 4. The van der Waals surface area contributed by atoms with E-state index in [2.05, 4.69) is 9.97 Å². The Bertz CT molecular complexity index is 862. The number of H-pyrrole nitrogens is 1. The highest BCUT2D eigenvalue weighted by atomic mass is 16.4. The quantitative estimate of drug-likeness (QED) is 0.594. The first-order valence-corrected chi connectivity index (χ1v) is 9.43. The van der Waals surface area contributed by atoms with Gasteiger partial charge in [-0.25, -0.2) is 9.78 Å². The summed E-state index contributed by atoms with van der Waals surface area (Å²) in [6.45, 7) is 5.00. The van der Waals surface area contributed by atoms with Crippen molar-refractivity contribution in [2.24, 2.45) is 0 Å². The maximum Gasteiger partial charge on any atom is 0.332 e. The number of nitrogens with zero attached hydrogens (tertiary/aromatic N) is 3. The largest absolute Gasteiger partial charge is 0.481 e. The van der Waals surface area contributed by atoms with Gasteiger partial charge in [-0.2, -0.15) is 0 Å². The van der Waals surface area contributed by atoms with Crippen molar-refractivity contribution >= 4 is 17.1 Å². The number of hydrogen-bond acceptors (Lipinski definition) is 4. The summed E-state index contributed by atoms with van der Waals surface area (Å²) in [5.74, 6) is -0.192. The molecule has 0 amide bonds. The van der Waals surface area contributed by atoms with E-state index in [1.165, 1.54) is 4.57 Å². The van der Waals surface area contributed by atoms with Crippen LogP contribution in [0.5, 0.6) is 0 Å². The number of aromatic amines is 1. The average molecular weight is 364 g/mol. The van der Waals surface area contributed by atoms with E-state index in [1.54, 1.807) is 4.57 Å². The Morgan fingerprint density at radius 2 is 1.69 bits per heavy atom. The highest BCUT2D eigenvalue weighted by Crippen LogP contribution is 2.10. The molecule has 2 heterocycles. The molecular weight excluding hydrogens is 336 g/mol. The number of fused-ring (bicyclic) bond motifs is 1. The molecule has 8 nitrogen and oxygen atoms in total. The lowest BCUT2D eigenvalue weighted by Crippen LogP contribution is -2.40. The van der Waals surface area contributed by atoms with Gasteiger partial charge in [-0.3, -0.25) is 18.7 Å². The summed E-state index contributed by atoms with van der Waals surface area (Å²) >= 11 is 0. The number of rotatable bonds is 11. The van der Waals surface area contributed by atoms with Crippen molar-refractivity contribution in [1.82, 2.24) is 19.1 Å². The van der Waals surface area contributed by atoms with Gasteiger partial charge in [0.05, 0.1) is 0 Å². The number of nitrogens with one attached hydrogen (secondary N) is 1. The molecule has 2 aromatic rings. The van der Waals surface area contributed by atoms with Crippen LogP contribution < -0.4 is 11.2 Å². The summed E-state index contributed by atoms with van der Waals surface area (Å²) in [5, 5.41) is 8.71. The number of aliphatic carboxylic acids is 1. The molecule has 2 aromatic heterocycles. The number of carboxylic acid groups (broad SMARTS) is 1. The average Bonchev–Trinajstić information content (AvgIpc) is 3.03. The third-order valence-corrected chi connectivity index (χ3v) is 4.44. The summed E-state index contributed by atoms with van der Waals surface area (Å²) in [6.07, 6.45) is 5.33. The van der Waals surface area contributed by atoms with Crippen molar-refractivity contribution in [3.8, 4) is 0 Å². The van der Waals surface area contributed by atoms with E-state index in [9.17, 15) is 14.4 Å². The molecule has 2 rings (SSSR count). The third kappa shape index (κ3) is 4.62. The fraction of sp³-hybridized carbons (Fsp3) is 0.667. The second kappa shape index (κ2) is 9.35. The summed E-state index contributed by atoms with van der Waals surface area (Å²) in [6, 6.07) is 0. The molecule has 0 fully saturated rings.